The molecular weight excluding hydrogens is 545 g/mol. The molecule has 1 saturated carbocycles. The van der Waals surface area contributed by atoms with Gasteiger partial charge in [-0.15, -0.1) is 0 Å². The molecular formula is C27H31F3N6O3S+. The summed E-state index contributed by atoms with van der Waals surface area (Å²) >= 11 is 0. The van der Waals surface area contributed by atoms with Crippen LogP contribution in [0.5, 0.6) is 0 Å². The van der Waals surface area contributed by atoms with E-state index < -0.39 is 27.5 Å². The first-order valence-electron chi connectivity index (χ1n) is 13.2. The molecule has 1 aliphatic carbocycles. The van der Waals surface area contributed by atoms with Gasteiger partial charge < -0.3 is 0 Å². The second-order valence-electron chi connectivity index (χ2n) is 10.2. The van der Waals surface area contributed by atoms with Crippen molar-refractivity contribution < 1.29 is 26.2 Å². The average molecular weight is 577 g/mol. The summed E-state index contributed by atoms with van der Waals surface area (Å²) in [6.07, 6.45) is 3.31. The van der Waals surface area contributed by atoms with Crippen LogP contribution in [0, 0.1) is 12.1 Å². The maximum atomic E-state index is 14.2. The van der Waals surface area contributed by atoms with Crippen LogP contribution >= 0.6 is 0 Å². The topological polar surface area (TPSA) is 91.5 Å². The fourth-order valence-corrected chi connectivity index (χ4v) is 6.49. The van der Waals surface area contributed by atoms with Crippen molar-refractivity contribution in [3.63, 3.8) is 0 Å². The van der Waals surface area contributed by atoms with E-state index in [9.17, 15) is 26.4 Å². The second-order valence-corrected chi connectivity index (χ2v) is 12.4. The number of imidazole rings is 1. The van der Waals surface area contributed by atoms with Crippen LogP contribution in [0.1, 0.15) is 55.7 Å². The molecule has 3 aromatic rings. The van der Waals surface area contributed by atoms with Gasteiger partial charge in [0.2, 0.25) is 10.0 Å². The molecule has 0 N–H and O–H groups in total. The summed E-state index contributed by atoms with van der Waals surface area (Å²) in [5, 5.41) is 8.35. The Labute approximate surface area is 230 Å². The van der Waals surface area contributed by atoms with Crippen molar-refractivity contribution in [3.05, 3.63) is 76.1 Å². The summed E-state index contributed by atoms with van der Waals surface area (Å²) in [5.74, 6) is 0.105. The quantitative estimate of drug-likeness (QED) is 0.343. The van der Waals surface area contributed by atoms with Crippen LogP contribution in [-0.2, 0) is 22.7 Å². The Morgan fingerprint density at radius 2 is 1.93 bits per heavy atom. The van der Waals surface area contributed by atoms with Gasteiger partial charge in [-0.1, -0.05) is 25.5 Å². The number of likely N-dealkylation sites (N-methyl/N-ethyl adjacent to an activating group) is 1. The highest BCUT2D eigenvalue weighted by Gasteiger charge is 2.42. The predicted molar refractivity (Wildman–Crippen MR) is 144 cm³/mol. The molecule has 1 fully saturated rings. The predicted octanol–water partition coefficient (Wildman–Crippen LogP) is 4.79. The Balaban J connectivity index is 1.61. The Kier molecular flexibility index (Phi) is 7.47. The number of aromatic nitrogens is 2. The lowest BCUT2D eigenvalue weighted by atomic mass is 9.71. The van der Waals surface area contributed by atoms with E-state index in [0.717, 1.165) is 45.8 Å². The highest BCUT2D eigenvalue weighted by molar-refractivity contribution is 7.89. The van der Waals surface area contributed by atoms with Gasteiger partial charge in [-0.2, -0.15) is 17.5 Å². The largest absolute Gasteiger partial charge is 0.418 e. The maximum absolute atomic E-state index is 14.2. The third kappa shape index (κ3) is 5.12. The monoisotopic (exact) mass is 576 g/mol. The third-order valence-electron chi connectivity index (χ3n) is 7.75. The van der Waals surface area contributed by atoms with Crippen molar-refractivity contribution in [2.75, 3.05) is 19.3 Å². The Hall–Kier alpha value is -3.32. The summed E-state index contributed by atoms with van der Waals surface area (Å²) in [6.45, 7) is 2.90. The molecule has 9 nitrogen and oxygen atoms in total. The minimum Gasteiger partial charge on any atom is -0.267 e. The fraction of sp³-hybridized carbons (Fsp3) is 0.444. The number of pyridine rings is 1. The minimum atomic E-state index is -4.76. The molecule has 3 heterocycles. The zero-order valence-corrected chi connectivity index (χ0v) is 23.3. The zero-order chi connectivity index (χ0) is 28.8. The highest BCUT2D eigenvalue weighted by Crippen LogP contribution is 2.46. The molecule has 1 aromatic carbocycles. The van der Waals surface area contributed by atoms with Gasteiger partial charge in [0.05, 0.1) is 40.6 Å². The molecule has 1 aliphatic heterocycles. The summed E-state index contributed by atoms with van der Waals surface area (Å²) in [6, 6.07) is 8.14. The molecule has 13 heteroatoms. The van der Waals surface area contributed by atoms with E-state index in [1.54, 1.807) is 25.4 Å². The zero-order valence-electron chi connectivity index (χ0n) is 22.5. The first-order valence-corrected chi connectivity index (χ1v) is 14.8. The first kappa shape index (κ1) is 28.2. The minimum absolute atomic E-state index is 0.0631. The fourth-order valence-electron chi connectivity index (χ4n) is 5.38. The van der Waals surface area contributed by atoms with Gasteiger partial charge in [-0.3, -0.25) is 8.97 Å². The van der Waals surface area contributed by atoms with E-state index in [-0.39, 0.29) is 35.8 Å². The van der Waals surface area contributed by atoms with Crippen molar-refractivity contribution in [2.45, 2.75) is 51.7 Å². The third-order valence-corrected chi connectivity index (χ3v) is 9.66. The number of azo groups is 1. The van der Waals surface area contributed by atoms with Gasteiger partial charge in [-0.05, 0) is 60.1 Å². The van der Waals surface area contributed by atoms with Crippen LogP contribution in [0.3, 0.4) is 0 Å². The Morgan fingerprint density at radius 1 is 1.18 bits per heavy atom. The van der Waals surface area contributed by atoms with E-state index in [0.29, 0.717) is 11.6 Å². The number of hydrogen-bond donors (Lipinski definition) is 0. The SMILES string of the molecule is CCN(Cc1cc(C(F)(F)F)c2cn(-c3cccc([C@H]([C]4N=NC=[N+]4C)C4CCC4)c3)c(=O)n2c1)S(=O)(=O)CC. The molecule has 213 valence electrons. The Morgan fingerprint density at radius 3 is 2.50 bits per heavy atom. The van der Waals surface area contributed by atoms with E-state index >= 15 is 0 Å². The van der Waals surface area contributed by atoms with Crippen molar-refractivity contribution in [1.29, 1.82) is 0 Å². The Bertz CT molecular complexity index is 1650. The number of alkyl halides is 3. The summed E-state index contributed by atoms with van der Waals surface area (Å²) < 4.78 is 72.5. The molecule has 2 aromatic heterocycles. The van der Waals surface area contributed by atoms with Gasteiger partial charge in [-0.25, -0.2) is 17.8 Å². The van der Waals surface area contributed by atoms with Crippen molar-refractivity contribution in [2.24, 2.45) is 16.1 Å². The second kappa shape index (κ2) is 10.6. The molecule has 1 radical (unpaired) electrons. The molecule has 0 amide bonds. The van der Waals surface area contributed by atoms with E-state index in [4.69, 9.17) is 0 Å². The average Bonchev–Trinajstić information content (AvgIpc) is 3.46. The molecule has 0 spiro atoms. The first-order chi connectivity index (χ1) is 18.9. The lowest BCUT2D eigenvalue weighted by Gasteiger charge is -2.34. The summed E-state index contributed by atoms with van der Waals surface area (Å²) in [4.78, 5) is 13.5. The number of fused-ring (bicyclic) bond motifs is 1. The lowest BCUT2D eigenvalue weighted by molar-refractivity contribution is -0.480. The van der Waals surface area contributed by atoms with E-state index in [2.05, 4.69) is 10.2 Å². The standard InChI is InChI=1S/C27H31F3N6O3S/c1-4-34(40(38,39)5-2)14-18-12-22(27(28,29)30)23-16-35(26(37)36(23)15-18)21-11-7-10-20(13-21)24(19-8-6-9-19)25-32-31-17-33(25)3/h7,10-13,15-17,19,24H,4-6,8-9,14H2,1-3H3/q+1/t24-/m1/s1. The van der Waals surface area contributed by atoms with Crippen molar-refractivity contribution in [1.82, 2.24) is 13.3 Å². The molecule has 0 saturated heterocycles. The van der Waals surface area contributed by atoms with Crippen LogP contribution in [0.15, 0.2) is 57.7 Å². The van der Waals surface area contributed by atoms with Gasteiger partial charge in [0, 0.05) is 25.5 Å². The van der Waals surface area contributed by atoms with Gasteiger partial charge >= 0.3 is 24.4 Å². The number of sulfonamides is 1. The molecule has 0 unspecified atom stereocenters. The highest BCUT2D eigenvalue weighted by atomic mass is 32.2. The summed E-state index contributed by atoms with van der Waals surface area (Å²) in [7, 11) is -1.78. The maximum Gasteiger partial charge on any atom is 0.418 e. The number of rotatable bonds is 9. The molecule has 2 aliphatic rings. The van der Waals surface area contributed by atoms with Crippen molar-refractivity contribution >= 4 is 21.9 Å². The van der Waals surface area contributed by atoms with Crippen LogP contribution in [0.25, 0.3) is 11.2 Å². The number of nitrogens with zero attached hydrogens (tertiary/aromatic N) is 6. The van der Waals surface area contributed by atoms with Crippen molar-refractivity contribution in [3.8, 4) is 5.69 Å². The number of halogens is 3. The van der Waals surface area contributed by atoms with Gasteiger partial charge in [0.15, 0.2) is 0 Å². The smallest absolute Gasteiger partial charge is 0.267 e. The molecule has 1 atom stereocenters. The summed E-state index contributed by atoms with van der Waals surface area (Å²) in [5.41, 5.74) is -0.596. The van der Waals surface area contributed by atoms with Crippen LogP contribution < -0.4 is 5.69 Å². The molecule has 40 heavy (non-hydrogen) atoms. The van der Waals surface area contributed by atoms with Crippen LogP contribution in [0.2, 0.25) is 0 Å². The normalized spacial score (nSPS) is 17.5. The molecule has 5 rings (SSSR count). The lowest BCUT2D eigenvalue weighted by Crippen LogP contribution is -2.32. The van der Waals surface area contributed by atoms with Gasteiger partial charge in [0.25, 0.3) is 0 Å². The van der Waals surface area contributed by atoms with Gasteiger partial charge in [0.1, 0.15) is 0 Å². The molecule has 0 bridgehead atoms. The number of benzene rings is 1. The number of hydrogen-bond acceptors (Lipinski definition) is 5. The van der Waals surface area contributed by atoms with E-state index in [1.807, 2.05) is 23.8 Å². The van der Waals surface area contributed by atoms with Crippen LogP contribution in [-0.4, -0.2) is 52.0 Å². The van der Waals surface area contributed by atoms with Crippen LogP contribution in [0.4, 0.5) is 13.2 Å². The van der Waals surface area contributed by atoms with E-state index in [1.165, 1.54) is 23.9 Å².